The van der Waals surface area contributed by atoms with Crippen molar-refractivity contribution < 1.29 is 13.9 Å². The molecule has 2 aromatic carbocycles. The molecule has 0 atom stereocenters. The van der Waals surface area contributed by atoms with Gasteiger partial charge in [-0.3, -0.25) is 4.79 Å². The number of amides is 1. The van der Waals surface area contributed by atoms with Crippen LogP contribution in [0.15, 0.2) is 60.7 Å². The molecule has 126 valence electrons. The van der Waals surface area contributed by atoms with Gasteiger partial charge < -0.3 is 10.1 Å². The number of pyridine rings is 1. The van der Waals surface area contributed by atoms with Crippen molar-refractivity contribution in [1.82, 2.24) is 4.98 Å². The first-order valence-corrected chi connectivity index (χ1v) is 7.81. The van der Waals surface area contributed by atoms with Crippen LogP contribution in [0.25, 0.3) is 0 Å². The summed E-state index contributed by atoms with van der Waals surface area (Å²) < 4.78 is 18.9. The van der Waals surface area contributed by atoms with Crippen molar-refractivity contribution in [1.29, 1.82) is 0 Å². The van der Waals surface area contributed by atoms with E-state index in [9.17, 15) is 9.18 Å². The molecule has 3 rings (SSSR count). The van der Waals surface area contributed by atoms with Crippen LogP contribution in [-0.2, 0) is 0 Å². The molecule has 0 bridgehead atoms. The molecule has 1 amide bonds. The number of carbonyl (C=O) groups is 1. The molecule has 4 nitrogen and oxygen atoms in total. The topological polar surface area (TPSA) is 51.2 Å². The summed E-state index contributed by atoms with van der Waals surface area (Å²) in [6, 6.07) is 17.4. The monoisotopic (exact) mass is 336 g/mol. The van der Waals surface area contributed by atoms with E-state index >= 15 is 0 Å². The highest BCUT2D eigenvalue weighted by Crippen LogP contribution is 2.26. The van der Waals surface area contributed by atoms with Crippen LogP contribution in [0.4, 0.5) is 10.1 Å². The zero-order valence-corrected chi connectivity index (χ0v) is 13.9. The van der Waals surface area contributed by atoms with Crippen molar-refractivity contribution in [2.24, 2.45) is 0 Å². The fraction of sp³-hybridized carbons (Fsp3) is 0.100. The van der Waals surface area contributed by atoms with Gasteiger partial charge in [0.15, 0.2) is 0 Å². The number of carbonyl (C=O) groups excluding carboxylic acids is 1. The van der Waals surface area contributed by atoms with Crippen molar-refractivity contribution in [3.63, 3.8) is 0 Å². The third kappa shape index (κ3) is 4.01. The first-order valence-electron chi connectivity index (χ1n) is 7.81. The number of hydrogen-bond donors (Lipinski definition) is 1. The summed E-state index contributed by atoms with van der Waals surface area (Å²) in [6.45, 7) is 3.56. The molecule has 0 aliphatic heterocycles. The minimum Gasteiger partial charge on any atom is -0.457 e. The Hall–Kier alpha value is -3.21. The molecular weight excluding hydrogens is 319 g/mol. The lowest BCUT2D eigenvalue weighted by molar-refractivity contribution is 0.102. The molecule has 0 aliphatic rings. The third-order valence-electron chi connectivity index (χ3n) is 3.71. The minimum atomic E-state index is -0.609. The first kappa shape index (κ1) is 16.6. The number of nitrogens with zero attached hydrogens (tertiary/aromatic N) is 1. The van der Waals surface area contributed by atoms with Crippen LogP contribution in [-0.4, -0.2) is 10.9 Å². The van der Waals surface area contributed by atoms with Crippen molar-refractivity contribution in [3.05, 3.63) is 83.4 Å². The third-order valence-corrected chi connectivity index (χ3v) is 3.71. The maximum absolute atomic E-state index is 13.1. The van der Waals surface area contributed by atoms with Gasteiger partial charge >= 0.3 is 0 Å². The van der Waals surface area contributed by atoms with Crippen LogP contribution in [0.5, 0.6) is 11.5 Å². The number of rotatable bonds is 4. The standard InChI is InChI=1S/C20H17FN2O2/c1-13-6-3-4-9-18(13)25-16-8-5-7-15(12-16)23-20(24)17-10-11-19(21)22-14(17)2/h3-12H,1-2H3,(H,23,24). The summed E-state index contributed by atoms with van der Waals surface area (Å²) in [6.07, 6.45) is 0. The molecule has 0 aliphatic carbocycles. The van der Waals surface area contributed by atoms with Crippen LogP contribution in [0.1, 0.15) is 21.6 Å². The predicted molar refractivity (Wildman–Crippen MR) is 94.6 cm³/mol. The first-order chi connectivity index (χ1) is 12.0. The molecule has 5 heteroatoms. The van der Waals surface area contributed by atoms with Gasteiger partial charge in [0.1, 0.15) is 11.5 Å². The average molecular weight is 336 g/mol. The van der Waals surface area contributed by atoms with Gasteiger partial charge in [0.2, 0.25) is 5.95 Å². The lowest BCUT2D eigenvalue weighted by atomic mass is 10.2. The van der Waals surface area contributed by atoms with E-state index in [1.54, 1.807) is 25.1 Å². The molecule has 1 N–H and O–H groups in total. The van der Waals surface area contributed by atoms with Gasteiger partial charge in [-0.15, -0.1) is 0 Å². The van der Waals surface area contributed by atoms with Crippen LogP contribution in [0.3, 0.4) is 0 Å². The largest absolute Gasteiger partial charge is 0.457 e. The zero-order valence-electron chi connectivity index (χ0n) is 13.9. The number of aromatic nitrogens is 1. The van der Waals surface area contributed by atoms with E-state index in [-0.39, 0.29) is 5.91 Å². The van der Waals surface area contributed by atoms with Crippen LogP contribution >= 0.6 is 0 Å². The SMILES string of the molecule is Cc1ccccc1Oc1cccc(NC(=O)c2ccc(F)nc2C)c1. The molecule has 0 spiro atoms. The Morgan fingerprint density at radius 2 is 1.84 bits per heavy atom. The molecule has 1 aromatic heterocycles. The number of hydrogen-bond acceptors (Lipinski definition) is 3. The number of aryl methyl sites for hydroxylation is 2. The summed E-state index contributed by atoms with van der Waals surface area (Å²) in [5.74, 6) is 0.409. The Kier molecular flexibility index (Phi) is 4.75. The molecule has 1 heterocycles. The fourth-order valence-electron chi connectivity index (χ4n) is 2.40. The van der Waals surface area contributed by atoms with Gasteiger partial charge in [-0.2, -0.15) is 4.39 Å². The minimum absolute atomic E-state index is 0.326. The van der Waals surface area contributed by atoms with E-state index in [1.165, 1.54) is 12.1 Å². The van der Waals surface area contributed by atoms with Crippen molar-refractivity contribution >= 4 is 11.6 Å². The number of benzene rings is 2. The average Bonchev–Trinajstić information content (AvgIpc) is 2.57. The Morgan fingerprint density at radius 1 is 1.04 bits per heavy atom. The van der Waals surface area contributed by atoms with Crippen LogP contribution < -0.4 is 10.1 Å². The second-order valence-corrected chi connectivity index (χ2v) is 5.62. The maximum atomic E-state index is 13.1. The Bertz CT molecular complexity index is 925. The van der Waals surface area contributed by atoms with Crippen LogP contribution in [0, 0.1) is 19.8 Å². The lowest BCUT2D eigenvalue weighted by Gasteiger charge is -2.11. The highest BCUT2D eigenvalue weighted by atomic mass is 19.1. The molecule has 25 heavy (non-hydrogen) atoms. The molecule has 0 radical (unpaired) electrons. The van der Waals surface area contributed by atoms with E-state index < -0.39 is 5.95 Å². The van der Waals surface area contributed by atoms with Gasteiger partial charge in [-0.25, -0.2) is 4.98 Å². The van der Waals surface area contributed by atoms with Gasteiger partial charge in [0.05, 0.1) is 11.3 Å². The second kappa shape index (κ2) is 7.13. The molecule has 0 saturated carbocycles. The Morgan fingerprint density at radius 3 is 2.60 bits per heavy atom. The summed E-state index contributed by atoms with van der Waals surface area (Å²) in [7, 11) is 0. The highest BCUT2D eigenvalue weighted by molar-refractivity contribution is 6.05. The summed E-state index contributed by atoms with van der Waals surface area (Å²) in [5.41, 5.74) is 2.26. The van der Waals surface area contributed by atoms with E-state index in [4.69, 9.17) is 4.74 Å². The maximum Gasteiger partial charge on any atom is 0.257 e. The lowest BCUT2D eigenvalue weighted by Crippen LogP contribution is -2.14. The van der Waals surface area contributed by atoms with E-state index in [0.29, 0.717) is 22.7 Å². The van der Waals surface area contributed by atoms with Crippen molar-refractivity contribution in [2.45, 2.75) is 13.8 Å². The smallest absolute Gasteiger partial charge is 0.257 e. The molecular formula is C20H17FN2O2. The summed E-state index contributed by atoms with van der Waals surface area (Å²) in [5, 5.41) is 2.78. The summed E-state index contributed by atoms with van der Waals surface area (Å²) >= 11 is 0. The highest BCUT2D eigenvalue weighted by Gasteiger charge is 2.11. The predicted octanol–water partition coefficient (Wildman–Crippen LogP) is 4.88. The number of para-hydroxylation sites is 1. The molecule has 0 saturated heterocycles. The Balaban J connectivity index is 1.77. The van der Waals surface area contributed by atoms with Crippen molar-refractivity contribution in [3.8, 4) is 11.5 Å². The molecule has 3 aromatic rings. The second-order valence-electron chi connectivity index (χ2n) is 5.62. The fourth-order valence-corrected chi connectivity index (χ4v) is 2.40. The number of ether oxygens (including phenoxy) is 1. The van der Waals surface area contributed by atoms with E-state index in [1.807, 2.05) is 37.3 Å². The van der Waals surface area contributed by atoms with E-state index in [2.05, 4.69) is 10.3 Å². The van der Waals surface area contributed by atoms with Gasteiger partial charge in [0, 0.05) is 11.8 Å². The number of anilines is 1. The molecule has 0 fully saturated rings. The normalized spacial score (nSPS) is 10.4. The van der Waals surface area contributed by atoms with E-state index in [0.717, 1.165) is 11.3 Å². The number of nitrogens with one attached hydrogen (secondary N) is 1. The van der Waals surface area contributed by atoms with Gasteiger partial charge in [0.25, 0.3) is 5.91 Å². The zero-order chi connectivity index (χ0) is 17.8. The number of halogens is 1. The van der Waals surface area contributed by atoms with Gasteiger partial charge in [-0.05, 0) is 49.7 Å². The van der Waals surface area contributed by atoms with Crippen LogP contribution in [0.2, 0.25) is 0 Å². The van der Waals surface area contributed by atoms with Gasteiger partial charge in [-0.1, -0.05) is 24.3 Å². The quantitative estimate of drug-likeness (QED) is 0.691. The van der Waals surface area contributed by atoms with Crippen molar-refractivity contribution in [2.75, 3.05) is 5.32 Å². The summed E-state index contributed by atoms with van der Waals surface area (Å²) in [4.78, 5) is 16.0. The Labute approximate surface area is 145 Å². The molecule has 0 unspecified atom stereocenters.